The molecule has 0 saturated carbocycles. The second kappa shape index (κ2) is 4.89. The topological polar surface area (TPSA) is 16.1 Å². The lowest BCUT2D eigenvalue weighted by Gasteiger charge is -2.13. The van der Waals surface area contributed by atoms with E-state index in [2.05, 4.69) is 16.8 Å². The predicted octanol–water partition coefficient (Wildman–Crippen LogP) is 3.77. The summed E-state index contributed by atoms with van der Waals surface area (Å²) < 4.78 is 0. The zero-order valence-corrected chi connectivity index (χ0v) is 11.0. The first-order valence-electron chi connectivity index (χ1n) is 5.20. The molecule has 1 aromatic rings. The van der Waals surface area contributed by atoms with Gasteiger partial charge in [0.1, 0.15) is 5.15 Å². The first kappa shape index (κ1) is 11.5. The maximum Gasteiger partial charge on any atom is 0.187 e. The Morgan fingerprint density at radius 3 is 2.93 bits per heavy atom. The molecule has 1 saturated heterocycles. The van der Waals surface area contributed by atoms with Gasteiger partial charge in [-0.25, -0.2) is 4.98 Å². The van der Waals surface area contributed by atoms with Gasteiger partial charge in [-0.05, 0) is 12.3 Å². The molecule has 0 spiro atoms. The highest BCUT2D eigenvalue weighted by Crippen LogP contribution is 2.34. The highest BCUT2D eigenvalue weighted by molar-refractivity contribution is 7.16. The van der Waals surface area contributed by atoms with Crippen molar-refractivity contribution in [1.82, 2.24) is 4.98 Å². The Kier molecular flexibility index (Phi) is 3.75. The van der Waals surface area contributed by atoms with Crippen LogP contribution in [0.2, 0.25) is 5.15 Å². The molecule has 0 N–H and O–H groups in total. The molecule has 5 heteroatoms. The first-order valence-corrected chi connectivity index (χ1v) is 6.93. The van der Waals surface area contributed by atoms with E-state index in [1.54, 1.807) is 11.3 Å². The Bertz CT molecular complexity index is 340. The minimum atomic E-state index is 0.460. The van der Waals surface area contributed by atoms with Crippen LogP contribution in [0.3, 0.4) is 0 Å². The van der Waals surface area contributed by atoms with E-state index < -0.39 is 0 Å². The number of anilines is 1. The Hall–Kier alpha value is 0.01000. The smallest absolute Gasteiger partial charge is 0.187 e. The molecule has 84 valence electrons. The van der Waals surface area contributed by atoms with Gasteiger partial charge in [0.2, 0.25) is 0 Å². The van der Waals surface area contributed by atoms with Gasteiger partial charge in [-0.2, -0.15) is 0 Å². The average molecular weight is 265 g/mol. The molecule has 1 unspecified atom stereocenters. The summed E-state index contributed by atoms with van der Waals surface area (Å²) in [4.78, 5) is 7.66. The standard InChI is InChI=1S/C10H14Cl2N2S/c1-2-7-3-4-14(6-7)10-13-9(12)8(5-11)15-10/h7H,2-6H2,1H3. The van der Waals surface area contributed by atoms with Crippen molar-refractivity contribution in [3.63, 3.8) is 0 Å². The molecular weight excluding hydrogens is 251 g/mol. The van der Waals surface area contributed by atoms with Gasteiger partial charge in [0, 0.05) is 13.1 Å². The summed E-state index contributed by atoms with van der Waals surface area (Å²) >= 11 is 13.4. The van der Waals surface area contributed by atoms with Gasteiger partial charge < -0.3 is 4.90 Å². The summed E-state index contributed by atoms with van der Waals surface area (Å²) in [6.07, 6.45) is 2.52. The average Bonchev–Trinajstić information content (AvgIpc) is 2.83. The summed E-state index contributed by atoms with van der Waals surface area (Å²) in [6, 6.07) is 0. The minimum absolute atomic E-state index is 0.460. The molecule has 1 aliphatic heterocycles. The van der Waals surface area contributed by atoms with Gasteiger partial charge in [0.05, 0.1) is 10.8 Å². The summed E-state index contributed by atoms with van der Waals surface area (Å²) in [5.74, 6) is 1.27. The third-order valence-electron chi connectivity index (χ3n) is 2.89. The van der Waals surface area contributed by atoms with Gasteiger partial charge in [-0.1, -0.05) is 36.3 Å². The second-order valence-electron chi connectivity index (χ2n) is 3.85. The third-order valence-corrected chi connectivity index (χ3v) is 4.86. The van der Waals surface area contributed by atoms with Gasteiger partial charge in [0.25, 0.3) is 0 Å². The zero-order chi connectivity index (χ0) is 10.8. The molecule has 0 aliphatic carbocycles. The molecule has 2 heterocycles. The molecule has 1 aromatic heterocycles. The molecule has 0 bridgehead atoms. The van der Waals surface area contributed by atoms with Crippen LogP contribution in [-0.2, 0) is 5.88 Å². The van der Waals surface area contributed by atoms with E-state index >= 15 is 0 Å². The Labute approximate surface area is 104 Å². The highest BCUT2D eigenvalue weighted by Gasteiger charge is 2.24. The van der Waals surface area contributed by atoms with Crippen LogP contribution >= 0.6 is 34.5 Å². The van der Waals surface area contributed by atoms with Crippen LogP contribution in [0.15, 0.2) is 0 Å². The molecule has 0 radical (unpaired) electrons. The quantitative estimate of drug-likeness (QED) is 0.773. The van der Waals surface area contributed by atoms with Gasteiger partial charge in [0.15, 0.2) is 5.13 Å². The van der Waals surface area contributed by atoms with Gasteiger partial charge in [-0.3, -0.25) is 0 Å². The van der Waals surface area contributed by atoms with Crippen molar-refractivity contribution in [3.05, 3.63) is 10.0 Å². The Morgan fingerprint density at radius 2 is 2.40 bits per heavy atom. The van der Waals surface area contributed by atoms with E-state index in [0.29, 0.717) is 11.0 Å². The van der Waals surface area contributed by atoms with E-state index in [1.165, 1.54) is 12.8 Å². The number of rotatable bonds is 3. The lowest BCUT2D eigenvalue weighted by atomic mass is 10.1. The van der Waals surface area contributed by atoms with Crippen molar-refractivity contribution in [2.45, 2.75) is 25.6 Å². The molecule has 2 rings (SSSR count). The molecule has 1 fully saturated rings. The molecule has 15 heavy (non-hydrogen) atoms. The number of alkyl halides is 1. The van der Waals surface area contributed by atoms with Crippen LogP contribution in [0, 0.1) is 5.92 Å². The van der Waals surface area contributed by atoms with Gasteiger partial charge >= 0.3 is 0 Å². The molecule has 2 nitrogen and oxygen atoms in total. The van der Waals surface area contributed by atoms with Crippen molar-refractivity contribution in [2.75, 3.05) is 18.0 Å². The number of hydrogen-bond acceptors (Lipinski definition) is 3. The molecule has 0 aromatic carbocycles. The Balaban J connectivity index is 2.10. The third kappa shape index (κ3) is 2.40. The largest absolute Gasteiger partial charge is 0.348 e. The SMILES string of the molecule is CCC1CCN(c2nc(Cl)c(CCl)s2)C1. The van der Waals surface area contributed by atoms with Crippen molar-refractivity contribution in [2.24, 2.45) is 5.92 Å². The summed E-state index contributed by atoms with van der Waals surface area (Å²) in [7, 11) is 0. The highest BCUT2D eigenvalue weighted by atomic mass is 35.5. The summed E-state index contributed by atoms with van der Waals surface area (Å²) in [6.45, 7) is 4.46. The van der Waals surface area contributed by atoms with Crippen LogP contribution in [-0.4, -0.2) is 18.1 Å². The van der Waals surface area contributed by atoms with Crippen molar-refractivity contribution in [1.29, 1.82) is 0 Å². The number of halogens is 2. The normalized spacial score (nSPS) is 21.3. The summed E-state index contributed by atoms with van der Waals surface area (Å²) in [5, 5.41) is 1.61. The lowest BCUT2D eigenvalue weighted by molar-refractivity contribution is 0.569. The van der Waals surface area contributed by atoms with E-state index in [0.717, 1.165) is 29.0 Å². The first-order chi connectivity index (χ1) is 7.24. The van der Waals surface area contributed by atoms with Crippen LogP contribution < -0.4 is 4.90 Å². The maximum absolute atomic E-state index is 5.98. The number of hydrogen-bond donors (Lipinski definition) is 0. The van der Waals surface area contributed by atoms with Crippen LogP contribution in [0.1, 0.15) is 24.6 Å². The fraction of sp³-hybridized carbons (Fsp3) is 0.700. The number of nitrogens with zero attached hydrogens (tertiary/aromatic N) is 2. The van der Waals surface area contributed by atoms with E-state index in [4.69, 9.17) is 23.2 Å². The van der Waals surface area contributed by atoms with Crippen LogP contribution in [0.25, 0.3) is 0 Å². The fourth-order valence-corrected chi connectivity index (χ4v) is 3.39. The van der Waals surface area contributed by atoms with E-state index in [9.17, 15) is 0 Å². The second-order valence-corrected chi connectivity index (χ2v) is 5.54. The minimum Gasteiger partial charge on any atom is -0.348 e. The van der Waals surface area contributed by atoms with Gasteiger partial charge in [-0.15, -0.1) is 11.6 Å². The lowest BCUT2D eigenvalue weighted by Crippen LogP contribution is -2.19. The Morgan fingerprint density at radius 1 is 1.60 bits per heavy atom. The molecule has 1 atom stereocenters. The molecule has 0 amide bonds. The number of aromatic nitrogens is 1. The predicted molar refractivity (Wildman–Crippen MR) is 67.3 cm³/mol. The number of thiazole rings is 1. The zero-order valence-electron chi connectivity index (χ0n) is 8.67. The maximum atomic E-state index is 5.98. The van der Waals surface area contributed by atoms with Crippen molar-refractivity contribution >= 4 is 39.7 Å². The summed E-state index contributed by atoms with van der Waals surface area (Å²) in [5.41, 5.74) is 0. The monoisotopic (exact) mass is 264 g/mol. The van der Waals surface area contributed by atoms with Crippen molar-refractivity contribution in [3.8, 4) is 0 Å². The molecule has 1 aliphatic rings. The van der Waals surface area contributed by atoms with E-state index in [1.807, 2.05) is 0 Å². The fourth-order valence-electron chi connectivity index (χ4n) is 1.88. The van der Waals surface area contributed by atoms with Crippen LogP contribution in [0.4, 0.5) is 5.13 Å². The van der Waals surface area contributed by atoms with Crippen LogP contribution in [0.5, 0.6) is 0 Å². The van der Waals surface area contributed by atoms with Crippen molar-refractivity contribution < 1.29 is 0 Å². The molecular formula is C10H14Cl2N2S. The van der Waals surface area contributed by atoms with E-state index in [-0.39, 0.29) is 0 Å².